The van der Waals surface area contributed by atoms with E-state index in [2.05, 4.69) is 30.9 Å². The first-order valence-electron chi connectivity index (χ1n) is 12.9. The predicted octanol–water partition coefficient (Wildman–Crippen LogP) is -1.72. The van der Waals surface area contributed by atoms with Crippen LogP contribution >= 0.6 is 0 Å². The summed E-state index contributed by atoms with van der Waals surface area (Å²) in [6.45, 7) is 0. The smallest absolute Gasteiger partial charge is 0.326 e. The van der Waals surface area contributed by atoms with Gasteiger partial charge < -0.3 is 47.6 Å². The molecule has 0 saturated carbocycles. The minimum Gasteiger partial charge on any atom is -0.481 e. The number of fused-ring (bicyclic) bond motifs is 1. The maximum absolute atomic E-state index is 13.6. The van der Waals surface area contributed by atoms with Crippen LogP contribution < -0.4 is 27.4 Å². The van der Waals surface area contributed by atoms with Crippen LogP contribution in [0.2, 0.25) is 0 Å². The highest BCUT2D eigenvalue weighted by molar-refractivity contribution is 5.96. The van der Waals surface area contributed by atoms with E-state index in [1.165, 1.54) is 12.5 Å². The molecule has 3 aromatic rings. The van der Waals surface area contributed by atoms with E-state index in [4.69, 9.17) is 16.6 Å². The molecule has 0 aliphatic heterocycles. The molecule has 16 heteroatoms. The van der Waals surface area contributed by atoms with Gasteiger partial charge in [-0.2, -0.15) is 0 Å². The third-order valence-electron chi connectivity index (χ3n) is 6.36. The fourth-order valence-electron chi connectivity index (χ4n) is 4.21. The van der Waals surface area contributed by atoms with E-state index in [-0.39, 0.29) is 12.8 Å². The number of H-pyrrole nitrogens is 2. The summed E-state index contributed by atoms with van der Waals surface area (Å²) in [5.41, 5.74) is 12.8. The highest BCUT2D eigenvalue weighted by Crippen LogP contribution is 2.19. The molecule has 42 heavy (non-hydrogen) atoms. The molecule has 0 spiro atoms. The second-order valence-electron chi connectivity index (χ2n) is 9.58. The fourth-order valence-corrected chi connectivity index (χ4v) is 4.21. The highest BCUT2D eigenvalue weighted by atomic mass is 16.4. The van der Waals surface area contributed by atoms with E-state index in [1.54, 1.807) is 12.3 Å². The van der Waals surface area contributed by atoms with Crippen molar-refractivity contribution < 1.29 is 39.0 Å². The predicted molar refractivity (Wildman–Crippen MR) is 146 cm³/mol. The number of nitrogens with two attached hydrogens (primary N) is 2. The Labute approximate surface area is 238 Å². The van der Waals surface area contributed by atoms with Gasteiger partial charge in [-0.3, -0.25) is 24.0 Å². The number of imidazole rings is 1. The molecule has 4 atom stereocenters. The Morgan fingerprint density at radius 2 is 1.52 bits per heavy atom. The van der Waals surface area contributed by atoms with Crippen molar-refractivity contribution in [2.45, 2.75) is 56.3 Å². The molecule has 0 bridgehead atoms. The second kappa shape index (κ2) is 14.4. The van der Waals surface area contributed by atoms with Crippen molar-refractivity contribution in [3.05, 3.63) is 54.2 Å². The molecule has 0 saturated heterocycles. The van der Waals surface area contributed by atoms with Crippen LogP contribution in [0.4, 0.5) is 0 Å². The van der Waals surface area contributed by atoms with Crippen molar-refractivity contribution in [2.24, 2.45) is 11.5 Å². The first-order chi connectivity index (χ1) is 19.9. The van der Waals surface area contributed by atoms with Crippen molar-refractivity contribution in [1.29, 1.82) is 0 Å². The summed E-state index contributed by atoms with van der Waals surface area (Å²) in [6, 6.07) is 1.73. The van der Waals surface area contributed by atoms with E-state index in [0.717, 1.165) is 10.9 Å². The Hall–Kier alpha value is -5.25. The zero-order valence-electron chi connectivity index (χ0n) is 22.3. The number of para-hydroxylation sites is 1. The monoisotopic (exact) mass is 584 g/mol. The number of primary amides is 1. The van der Waals surface area contributed by atoms with Crippen LogP contribution in [0.25, 0.3) is 10.9 Å². The lowest BCUT2D eigenvalue weighted by atomic mass is 10.0. The Morgan fingerprint density at radius 3 is 2.14 bits per heavy atom. The van der Waals surface area contributed by atoms with Crippen molar-refractivity contribution in [3.8, 4) is 0 Å². The van der Waals surface area contributed by atoms with Gasteiger partial charge in [-0.1, -0.05) is 18.2 Å². The van der Waals surface area contributed by atoms with Crippen LogP contribution in [0.15, 0.2) is 43.0 Å². The number of rotatable bonds is 16. The fraction of sp³-hybridized carbons (Fsp3) is 0.346. The number of amides is 4. The molecule has 0 aliphatic carbocycles. The van der Waals surface area contributed by atoms with Gasteiger partial charge in [0.05, 0.1) is 18.8 Å². The van der Waals surface area contributed by atoms with E-state index in [0.29, 0.717) is 11.3 Å². The zero-order chi connectivity index (χ0) is 30.8. The van der Waals surface area contributed by atoms with E-state index in [1.807, 2.05) is 18.2 Å². The quantitative estimate of drug-likeness (QED) is 0.0918. The Bertz CT molecular complexity index is 1440. The largest absolute Gasteiger partial charge is 0.481 e. The summed E-state index contributed by atoms with van der Waals surface area (Å²) < 4.78 is 0. The van der Waals surface area contributed by atoms with Crippen molar-refractivity contribution >= 4 is 46.5 Å². The average molecular weight is 585 g/mol. The molecular weight excluding hydrogens is 552 g/mol. The number of benzene rings is 1. The van der Waals surface area contributed by atoms with Crippen molar-refractivity contribution in [1.82, 2.24) is 30.9 Å². The summed E-state index contributed by atoms with van der Waals surface area (Å²) in [5.74, 6) is -6.06. The summed E-state index contributed by atoms with van der Waals surface area (Å²) in [4.78, 5) is 83.2. The van der Waals surface area contributed by atoms with Crippen LogP contribution in [0, 0.1) is 0 Å². The van der Waals surface area contributed by atoms with Crippen LogP contribution in [0.5, 0.6) is 0 Å². The molecule has 16 nitrogen and oxygen atoms in total. The van der Waals surface area contributed by atoms with Crippen LogP contribution in [0.1, 0.15) is 30.5 Å². The van der Waals surface area contributed by atoms with Crippen LogP contribution in [-0.4, -0.2) is 84.9 Å². The third kappa shape index (κ3) is 8.88. The number of carbonyl (C=O) groups is 6. The summed E-state index contributed by atoms with van der Waals surface area (Å²) in [6.07, 6.45) is 2.85. The lowest BCUT2D eigenvalue weighted by Gasteiger charge is -2.25. The lowest BCUT2D eigenvalue weighted by molar-refractivity contribution is -0.143. The lowest BCUT2D eigenvalue weighted by Crippen LogP contribution is -2.58. The Balaban J connectivity index is 1.86. The molecule has 0 radical (unpaired) electrons. The maximum atomic E-state index is 13.6. The average Bonchev–Trinajstić information content (AvgIpc) is 3.59. The van der Waals surface area contributed by atoms with Crippen molar-refractivity contribution in [3.63, 3.8) is 0 Å². The number of nitrogens with zero attached hydrogens (tertiary/aromatic N) is 1. The van der Waals surface area contributed by atoms with Gasteiger partial charge in [0, 0.05) is 48.3 Å². The molecule has 11 N–H and O–H groups in total. The number of carboxylic acids is 2. The normalized spacial score (nSPS) is 13.8. The number of carbonyl (C=O) groups excluding carboxylic acids is 4. The number of aromatic nitrogens is 3. The SMILES string of the molecule is NC(=O)CC(N)C(=O)NC(Cc1c[nH]c2ccccc12)C(=O)NC(Cc1cnc[nH]1)C(=O)NC(CCC(=O)O)C(=O)O. The first kappa shape index (κ1) is 31.3. The van der Waals surface area contributed by atoms with Gasteiger partial charge in [-0.15, -0.1) is 0 Å². The zero-order valence-corrected chi connectivity index (χ0v) is 22.3. The van der Waals surface area contributed by atoms with E-state index >= 15 is 0 Å². The first-order valence-corrected chi connectivity index (χ1v) is 12.9. The van der Waals surface area contributed by atoms with Crippen LogP contribution in [-0.2, 0) is 41.6 Å². The van der Waals surface area contributed by atoms with Crippen molar-refractivity contribution in [2.75, 3.05) is 0 Å². The molecule has 224 valence electrons. The molecular formula is C26H32N8O8. The molecule has 4 amide bonds. The molecule has 3 rings (SSSR count). The van der Waals surface area contributed by atoms with Gasteiger partial charge in [0.15, 0.2) is 0 Å². The molecule has 2 aromatic heterocycles. The Morgan fingerprint density at radius 1 is 0.881 bits per heavy atom. The number of hydrogen-bond acceptors (Lipinski definition) is 8. The number of nitrogens with one attached hydrogen (secondary N) is 5. The van der Waals surface area contributed by atoms with E-state index in [9.17, 15) is 33.9 Å². The van der Waals surface area contributed by atoms with Gasteiger partial charge in [-0.05, 0) is 18.1 Å². The minimum absolute atomic E-state index is 0.0420. The summed E-state index contributed by atoms with van der Waals surface area (Å²) >= 11 is 0. The van der Waals surface area contributed by atoms with Gasteiger partial charge in [0.25, 0.3) is 0 Å². The number of aromatic amines is 2. The summed E-state index contributed by atoms with van der Waals surface area (Å²) in [5, 5.41) is 26.5. The topological polar surface area (TPSA) is 275 Å². The van der Waals surface area contributed by atoms with Gasteiger partial charge in [0.1, 0.15) is 18.1 Å². The van der Waals surface area contributed by atoms with Gasteiger partial charge in [0.2, 0.25) is 23.6 Å². The summed E-state index contributed by atoms with van der Waals surface area (Å²) in [7, 11) is 0. The van der Waals surface area contributed by atoms with Crippen LogP contribution in [0.3, 0.4) is 0 Å². The molecule has 0 fully saturated rings. The van der Waals surface area contributed by atoms with Gasteiger partial charge >= 0.3 is 11.9 Å². The molecule has 2 heterocycles. The molecule has 0 aliphatic rings. The number of aliphatic carboxylic acids is 2. The number of hydrogen-bond donors (Lipinski definition) is 9. The van der Waals surface area contributed by atoms with E-state index < -0.39 is 79.0 Å². The minimum atomic E-state index is -1.54. The molecule has 4 unspecified atom stereocenters. The standard InChI is InChI=1S/C26H32N8O8/c27-16(9-21(28)35)23(38)33-19(7-13-10-30-17-4-2-1-3-15(13)17)24(39)34-20(8-14-11-29-12-31-14)25(40)32-18(26(41)42)5-6-22(36)37/h1-4,10-12,16,18-20,30H,5-9,27H2,(H2,28,35)(H,29,31)(H,32,40)(H,33,38)(H,34,39)(H,36,37)(H,41,42). The molecule has 1 aromatic carbocycles. The number of carboxylic acid groups (broad SMARTS) is 2. The maximum Gasteiger partial charge on any atom is 0.326 e. The van der Waals surface area contributed by atoms with Gasteiger partial charge in [-0.25, -0.2) is 9.78 Å². The Kier molecular flexibility index (Phi) is 10.7. The third-order valence-corrected chi connectivity index (χ3v) is 6.36. The second-order valence-corrected chi connectivity index (χ2v) is 9.58. The highest BCUT2D eigenvalue weighted by Gasteiger charge is 2.31.